The van der Waals surface area contributed by atoms with Gasteiger partial charge in [-0.25, -0.2) is 4.79 Å². The van der Waals surface area contributed by atoms with Gasteiger partial charge in [0.15, 0.2) is 0 Å². The van der Waals surface area contributed by atoms with E-state index < -0.39 is 0 Å². The molecule has 1 amide bonds. The van der Waals surface area contributed by atoms with Gasteiger partial charge in [-0.3, -0.25) is 0 Å². The number of nitrogens with zero attached hydrogens (tertiary/aromatic N) is 1. The van der Waals surface area contributed by atoms with Crippen LogP contribution < -0.4 is 0 Å². The molecule has 0 aliphatic heterocycles. The van der Waals surface area contributed by atoms with Crippen LogP contribution in [0.2, 0.25) is 0 Å². The van der Waals surface area contributed by atoms with Gasteiger partial charge in [-0.05, 0) is 19.3 Å². The molecule has 96 valence electrons. The van der Waals surface area contributed by atoms with Crippen LogP contribution in [0.4, 0.5) is 4.79 Å². The lowest BCUT2D eigenvalue weighted by Crippen LogP contribution is -2.33. The van der Waals surface area contributed by atoms with E-state index in [0.29, 0.717) is 6.61 Å². The molecule has 0 aliphatic rings. The number of unbranched alkanes of at least 4 members (excludes halogenated alkanes) is 3. The van der Waals surface area contributed by atoms with Gasteiger partial charge in [-0.1, -0.05) is 40.0 Å². The Kier molecular flexibility index (Phi) is 10.3. The molecule has 0 aromatic rings. The summed E-state index contributed by atoms with van der Waals surface area (Å²) in [5.74, 6) is 0. The first-order chi connectivity index (χ1) is 7.76. The maximum absolute atomic E-state index is 11.7. The number of hydrogen-bond donors (Lipinski definition) is 0. The third-order valence-electron chi connectivity index (χ3n) is 2.54. The molecule has 16 heavy (non-hydrogen) atoms. The highest BCUT2D eigenvalue weighted by Crippen LogP contribution is 2.02. The maximum atomic E-state index is 11.7. The average molecular weight is 229 g/mol. The molecule has 0 unspecified atom stereocenters. The fraction of sp³-hybridized carbons (Fsp3) is 0.923. The van der Waals surface area contributed by atoms with Crippen LogP contribution in [0.3, 0.4) is 0 Å². The monoisotopic (exact) mass is 229 g/mol. The Balaban J connectivity index is 3.88. The van der Waals surface area contributed by atoms with E-state index in [1.54, 1.807) is 0 Å². The highest BCUT2D eigenvalue weighted by molar-refractivity contribution is 5.67. The van der Waals surface area contributed by atoms with Crippen LogP contribution in [0.1, 0.15) is 59.3 Å². The van der Waals surface area contributed by atoms with E-state index in [2.05, 4.69) is 20.8 Å². The molecular formula is C13H27NO2. The van der Waals surface area contributed by atoms with Crippen molar-refractivity contribution in [3.05, 3.63) is 0 Å². The predicted molar refractivity (Wildman–Crippen MR) is 67.6 cm³/mol. The number of amides is 1. The molecule has 0 aliphatic carbocycles. The number of carbonyl (C=O) groups excluding carboxylic acids is 1. The van der Waals surface area contributed by atoms with Crippen molar-refractivity contribution in [2.24, 2.45) is 0 Å². The molecule has 0 atom stereocenters. The Bertz CT molecular complexity index is 163. The lowest BCUT2D eigenvalue weighted by Gasteiger charge is -2.21. The van der Waals surface area contributed by atoms with Gasteiger partial charge in [0.05, 0.1) is 6.61 Å². The van der Waals surface area contributed by atoms with Crippen LogP contribution in [-0.4, -0.2) is 30.7 Å². The molecule has 0 rings (SSSR count). The highest BCUT2D eigenvalue weighted by atomic mass is 16.6. The number of rotatable bonds is 9. The molecule has 0 saturated heterocycles. The number of hydrogen-bond acceptors (Lipinski definition) is 2. The Labute approximate surface area is 100 Å². The van der Waals surface area contributed by atoms with E-state index in [0.717, 1.165) is 51.6 Å². The van der Waals surface area contributed by atoms with Gasteiger partial charge in [-0.15, -0.1) is 0 Å². The topological polar surface area (TPSA) is 29.5 Å². The van der Waals surface area contributed by atoms with Crippen molar-refractivity contribution in [2.45, 2.75) is 59.3 Å². The molecule has 0 fully saturated rings. The van der Waals surface area contributed by atoms with Crippen molar-refractivity contribution < 1.29 is 9.53 Å². The van der Waals surface area contributed by atoms with Crippen LogP contribution >= 0.6 is 0 Å². The summed E-state index contributed by atoms with van der Waals surface area (Å²) in [4.78, 5) is 13.6. The van der Waals surface area contributed by atoms with E-state index in [1.807, 2.05) is 4.90 Å². The van der Waals surface area contributed by atoms with E-state index >= 15 is 0 Å². The standard InChI is InChI=1S/C13H27NO2/c1-4-7-10-14(11-8-5-2)13(15)16-12-9-6-3/h4-12H2,1-3H3. The van der Waals surface area contributed by atoms with Crippen molar-refractivity contribution in [2.75, 3.05) is 19.7 Å². The van der Waals surface area contributed by atoms with E-state index in [-0.39, 0.29) is 6.09 Å². The molecule has 0 radical (unpaired) electrons. The molecule has 0 bridgehead atoms. The smallest absolute Gasteiger partial charge is 0.409 e. The van der Waals surface area contributed by atoms with Crippen LogP contribution in [-0.2, 0) is 4.74 Å². The van der Waals surface area contributed by atoms with Gasteiger partial charge >= 0.3 is 6.09 Å². The minimum absolute atomic E-state index is 0.129. The molecule has 0 N–H and O–H groups in total. The highest BCUT2D eigenvalue weighted by Gasteiger charge is 2.12. The maximum Gasteiger partial charge on any atom is 0.409 e. The second-order valence-electron chi connectivity index (χ2n) is 4.16. The van der Waals surface area contributed by atoms with Gasteiger partial charge < -0.3 is 9.64 Å². The summed E-state index contributed by atoms with van der Waals surface area (Å²) in [6.07, 6.45) is 6.25. The fourth-order valence-electron chi connectivity index (χ4n) is 1.39. The summed E-state index contributed by atoms with van der Waals surface area (Å²) in [6.45, 7) is 8.60. The fourth-order valence-corrected chi connectivity index (χ4v) is 1.39. The van der Waals surface area contributed by atoms with Gasteiger partial charge in [0.1, 0.15) is 0 Å². The van der Waals surface area contributed by atoms with E-state index in [1.165, 1.54) is 0 Å². The summed E-state index contributed by atoms with van der Waals surface area (Å²) in [6, 6.07) is 0. The lowest BCUT2D eigenvalue weighted by molar-refractivity contribution is 0.0999. The minimum Gasteiger partial charge on any atom is -0.449 e. The molecule has 3 nitrogen and oxygen atoms in total. The van der Waals surface area contributed by atoms with Gasteiger partial charge in [0, 0.05) is 13.1 Å². The first-order valence-electron chi connectivity index (χ1n) is 6.67. The summed E-state index contributed by atoms with van der Waals surface area (Å²) < 4.78 is 5.23. The summed E-state index contributed by atoms with van der Waals surface area (Å²) in [5, 5.41) is 0. The number of carbonyl (C=O) groups is 1. The van der Waals surface area contributed by atoms with E-state index in [4.69, 9.17) is 4.74 Å². The van der Waals surface area contributed by atoms with Crippen molar-refractivity contribution >= 4 is 6.09 Å². The Hall–Kier alpha value is -0.730. The molecule has 0 aromatic heterocycles. The third kappa shape index (κ3) is 7.55. The van der Waals surface area contributed by atoms with Crippen LogP contribution in [0, 0.1) is 0 Å². The Morgan fingerprint density at radius 2 is 1.44 bits per heavy atom. The SMILES string of the molecule is CCCCOC(=O)N(CCCC)CCCC. The molecule has 0 saturated carbocycles. The zero-order valence-electron chi connectivity index (χ0n) is 11.1. The first kappa shape index (κ1) is 15.3. The molecule has 0 spiro atoms. The molecule has 0 aromatic carbocycles. The Morgan fingerprint density at radius 1 is 0.938 bits per heavy atom. The summed E-state index contributed by atoms with van der Waals surface area (Å²) in [7, 11) is 0. The molecule has 3 heteroatoms. The number of ether oxygens (including phenoxy) is 1. The normalized spacial score (nSPS) is 10.2. The second kappa shape index (κ2) is 10.8. The summed E-state index contributed by atoms with van der Waals surface area (Å²) >= 11 is 0. The largest absolute Gasteiger partial charge is 0.449 e. The van der Waals surface area contributed by atoms with Crippen molar-refractivity contribution in [3.8, 4) is 0 Å². The third-order valence-corrected chi connectivity index (χ3v) is 2.54. The second-order valence-corrected chi connectivity index (χ2v) is 4.16. The van der Waals surface area contributed by atoms with Crippen molar-refractivity contribution in [3.63, 3.8) is 0 Å². The van der Waals surface area contributed by atoms with Gasteiger partial charge in [0.25, 0.3) is 0 Å². The lowest BCUT2D eigenvalue weighted by atomic mass is 10.3. The van der Waals surface area contributed by atoms with E-state index in [9.17, 15) is 4.79 Å². The average Bonchev–Trinajstić information content (AvgIpc) is 2.29. The minimum atomic E-state index is -0.129. The van der Waals surface area contributed by atoms with Gasteiger partial charge in [0.2, 0.25) is 0 Å². The molecular weight excluding hydrogens is 202 g/mol. The summed E-state index contributed by atoms with van der Waals surface area (Å²) in [5.41, 5.74) is 0. The predicted octanol–water partition coefficient (Wildman–Crippen LogP) is 3.83. The van der Waals surface area contributed by atoms with Crippen molar-refractivity contribution in [1.82, 2.24) is 4.90 Å². The zero-order valence-corrected chi connectivity index (χ0v) is 11.1. The Morgan fingerprint density at radius 3 is 1.88 bits per heavy atom. The van der Waals surface area contributed by atoms with Gasteiger partial charge in [-0.2, -0.15) is 0 Å². The first-order valence-corrected chi connectivity index (χ1v) is 6.67. The quantitative estimate of drug-likeness (QED) is 0.562. The molecule has 0 heterocycles. The zero-order chi connectivity index (χ0) is 12.2. The van der Waals surface area contributed by atoms with Crippen LogP contribution in [0.25, 0.3) is 0 Å². The van der Waals surface area contributed by atoms with Crippen molar-refractivity contribution in [1.29, 1.82) is 0 Å². The van der Waals surface area contributed by atoms with Crippen LogP contribution in [0.15, 0.2) is 0 Å². The van der Waals surface area contributed by atoms with Crippen LogP contribution in [0.5, 0.6) is 0 Å².